The fourth-order valence-corrected chi connectivity index (χ4v) is 1.88. The average Bonchev–Trinajstić information content (AvgIpc) is 2.68. The Morgan fingerprint density at radius 1 is 1.31 bits per heavy atom. The van der Waals surface area contributed by atoms with E-state index in [1.807, 2.05) is 19.4 Å². The molecule has 1 aromatic carbocycles. The summed E-state index contributed by atoms with van der Waals surface area (Å²) in [5.74, 6) is 1.11. The number of halogens is 1. The number of aromatic nitrogens is 2. The number of hydrogen-bond acceptors (Lipinski definition) is 2. The van der Waals surface area contributed by atoms with E-state index in [2.05, 4.69) is 61.7 Å². The lowest BCUT2D eigenvalue weighted by molar-refractivity contribution is 0.789. The zero-order valence-corrected chi connectivity index (χ0v) is 11.3. The lowest BCUT2D eigenvalue weighted by atomic mass is 10.3. The molecular weight excluding hydrogens is 313 g/mol. The van der Waals surface area contributed by atoms with Crippen LogP contribution in [0.4, 0.5) is 5.69 Å². The van der Waals surface area contributed by atoms with Gasteiger partial charge < -0.3 is 9.88 Å². The Labute approximate surface area is 109 Å². The second kappa shape index (κ2) is 5.34. The number of nitrogens with zero attached hydrogens (tertiary/aromatic N) is 2. The minimum Gasteiger partial charge on any atom is -0.385 e. The molecule has 1 heterocycles. The van der Waals surface area contributed by atoms with Crippen LogP contribution in [0.2, 0.25) is 0 Å². The summed E-state index contributed by atoms with van der Waals surface area (Å²) in [4.78, 5) is 4.28. The van der Waals surface area contributed by atoms with E-state index >= 15 is 0 Å². The van der Waals surface area contributed by atoms with Crippen LogP contribution in [0.1, 0.15) is 5.82 Å². The molecule has 3 nitrogen and oxygen atoms in total. The van der Waals surface area contributed by atoms with Gasteiger partial charge in [0.15, 0.2) is 0 Å². The molecule has 4 heteroatoms. The van der Waals surface area contributed by atoms with Crippen LogP contribution in [0, 0.1) is 3.57 Å². The number of anilines is 1. The molecule has 0 saturated carbocycles. The molecular formula is C12H14IN3. The van der Waals surface area contributed by atoms with Crippen LogP contribution in [0.25, 0.3) is 0 Å². The molecule has 0 amide bonds. The molecule has 0 radical (unpaired) electrons. The molecule has 0 unspecified atom stereocenters. The monoisotopic (exact) mass is 327 g/mol. The number of nitrogens with one attached hydrogen (secondary N) is 1. The summed E-state index contributed by atoms with van der Waals surface area (Å²) in [6, 6.07) is 8.40. The molecule has 0 aliphatic carbocycles. The third-order valence-electron chi connectivity index (χ3n) is 2.44. The van der Waals surface area contributed by atoms with Crippen molar-refractivity contribution in [3.63, 3.8) is 0 Å². The van der Waals surface area contributed by atoms with Gasteiger partial charge in [-0.1, -0.05) is 0 Å². The van der Waals surface area contributed by atoms with Crippen molar-refractivity contribution in [2.75, 3.05) is 11.9 Å². The molecule has 0 atom stereocenters. The summed E-state index contributed by atoms with van der Waals surface area (Å²) in [6.45, 7) is 0.908. The van der Waals surface area contributed by atoms with Crippen LogP contribution in [-0.2, 0) is 13.5 Å². The largest absolute Gasteiger partial charge is 0.385 e. The second-order valence-corrected chi connectivity index (χ2v) is 4.88. The Hall–Kier alpha value is -1.04. The topological polar surface area (TPSA) is 29.9 Å². The number of rotatable bonds is 4. The van der Waals surface area contributed by atoms with Crippen LogP contribution in [0.5, 0.6) is 0 Å². The molecule has 0 saturated heterocycles. The predicted molar refractivity (Wildman–Crippen MR) is 74.6 cm³/mol. The summed E-state index contributed by atoms with van der Waals surface area (Å²) < 4.78 is 3.31. The highest BCUT2D eigenvalue weighted by Gasteiger charge is 1.98. The summed E-state index contributed by atoms with van der Waals surface area (Å²) in [5, 5.41) is 3.38. The van der Waals surface area contributed by atoms with Gasteiger partial charge in [0.05, 0.1) is 0 Å². The van der Waals surface area contributed by atoms with Crippen molar-refractivity contribution in [3.8, 4) is 0 Å². The quantitative estimate of drug-likeness (QED) is 0.875. The fourth-order valence-electron chi connectivity index (χ4n) is 1.52. The van der Waals surface area contributed by atoms with Gasteiger partial charge in [-0.25, -0.2) is 4.98 Å². The van der Waals surface area contributed by atoms with Crippen LogP contribution in [-0.4, -0.2) is 16.1 Å². The van der Waals surface area contributed by atoms with E-state index in [-0.39, 0.29) is 0 Å². The summed E-state index contributed by atoms with van der Waals surface area (Å²) >= 11 is 2.31. The van der Waals surface area contributed by atoms with Crippen molar-refractivity contribution in [3.05, 3.63) is 46.1 Å². The summed E-state index contributed by atoms with van der Waals surface area (Å²) in [6.07, 6.45) is 4.75. The highest BCUT2D eigenvalue weighted by Crippen LogP contribution is 2.10. The molecule has 16 heavy (non-hydrogen) atoms. The van der Waals surface area contributed by atoms with Gasteiger partial charge in [-0.3, -0.25) is 0 Å². The maximum absolute atomic E-state index is 4.28. The zero-order chi connectivity index (χ0) is 11.4. The molecule has 0 fully saturated rings. The number of aryl methyl sites for hydroxylation is 1. The van der Waals surface area contributed by atoms with Gasteiger partial charge >= 0.3 is 0 Å². The van der Waals surface area contributed by atoms with Crippen molar-refractivity contribution >= 4 is 28.3 Å². The maximum Gasteiger partial charge on any atom is 0.110 e. The van der Waals surface area contributed by atoms with Gasteiger partial charge in [0.2, 0.25) is 0 Å². The van der Waals surface area contributed by atoms with Crippen molar-refractivity contribution in [1.29, 1.82) is 0 Å². The van der Waals surface area contributed by atoms with E-state index in [0.717, 1.165) is 24.5 Å². The molecule has 0 aliphatic heterocycles. The van der Waals surface area contributed by atoms with Gasteiger partial charge in [0.1, 0.15) is 5.82 Å². The lowest BCUT2D eigenvalue weighted by Crippen LogP contribution is -2.08. The van der Waals surface area contributed by atoms with Crippen LogP contribution in [0.3, 0.4) is 0 Å². The first-order chi connectivity index (χ1) is 7.75. The van der Waals surface area contributed by atoms with E-state index in [0.29, 0.717) is 0 Å². The Balaban J connectivity index is 1.84. The molecule has 84 valence electrons. The van der Waals surface area contributed by atoms with Crippen LogP contribution < -0.4 is 5.32 Å². The fraction of sp³-hybridized carbons (Fsp3) is 0.250. The number of imidazole rings is 1. The van der Waals surface area contributed by atoms with E-state index < -0.39 is 0 Å². The molecule has 1 aromatic heterocycles. The number of hydrogen-bond donors (Lipinski definition) is 1. The third kappa shape index (κ3) is 2.98. The first-order valence-corrected chi connectivity index (χ1v) is 6.29. The zero-order valence-electron chi connectivity index (χ0n) is 9.15. The van der Waals surface area contributed by atoms with E-state index in [9.17, 15) is 0 Å². The third-order valence-corrected chi connectivity index (χ3v) is 3.16. The SMILES string of the molecule is Cn1ccnc1CCNc1ccc(I)cc1. The van der Waals surface area contributed by atoms with Crippen molar-refractivity contribution in [1.82, 2.24) is 9.55 Å². The molecule has 1 N–H and O–H groups in total. The average molecular weight is 327 g/mol. The first kappa shape index (κ1) is 11.4. The van der Waals surface area contributed by atoms with Crippen molar-refractivity contribution in [2.24, 2.45) is 7.05 Å². The van der Waals surface area contributed by atoms with Gasteiger partial charge in [0, 0.05) is 41.7 Å². The highest BCUT2D eigenvalue weighted by atomic mass is 127. The van der Waals surface area contributed by atoms with Gasteiger partial charge in [-0.2, -0.15) is 0 Å². The smallest absolute Gasteiger partial charge is 0.110 e. The molecule has 0 spiro atoms. The maximum atomic E-state index is 4.28. The minimum absolute atomic E-state index is 0.908. The van der Waals surface area contributed by atoms with E-state index in [1.54, 1.807) is 0 Å². The Kier molecular flexibility index (Phi) is 3.82. The summed E-state index contributed by atoms with van der Waals surface area (Å²) in [7, 11) is 2.02. The normalized spacial score (nSPS) is 10.4. The van der Waals surface area contributed by atoms with E-state index in [4.69, 9.17) is 0 Å². The van der Waals surface area contributed by atoms with Gasteiger partial charge in [-0.05, 0) is 46.9 Å². The second-order valence-electron chi connectivity index (χ2n) is 3.64. The van der Waals surface area contributed by atoms with Crippen LogP contribution >= 0.6 is 22.6 Å². The Morgan fingerprint density at radius 2 is 2.06 bits per heavy atom. The van der Waals surface area contributed by atoms with E-state index in [1.165, 1.54) is 3.57 Å². The molecule has 0 aliphatic rings. The van der Waals surface area contributed by atoms with Crippen LogP contribution in [0.15, 0.2) is 36.7 Å². The number of benzene rings is 1. The molecule has 2 aromatic rings. The van der Waals surface area contributed by atoms with Gasteiger partial charge in [-0.15, -0.1) is 0 Å². The predicted octanol–water partition coefficient (Wildman–Crippen LogP) is 2.68. The van der Waals surface area contributed by atoms with Crippen molar-refractivity contribution < 1.29 is 0 Å². The first-order valence-electron chi connectivity index (χ1n) is 5.21. The Morgan fingerprint density at radius 3 is 2.69 bits per heavy atom. The minimum atomic E-state index is 0.908. The lowest BCUT2D eigenvalue weighted by Gasteiger charge is -2.06. The Bertz CT molecular complexity index is 448. The standard InChI is InChI=1S/C12H14IN3/c1-16-9-8-15-12(16)6-7-14-11-4-2-10(13)3-5-11/h2-5,8-9,14H,6-7H2,1H3. The highest BCUT2D eigenvalue weighted by molar-refractivity contribution is 14.1. The summed E-state index contributed by atoms with van der Waals surface area (Å²) in [5.41, 5.74) is 1.16. The van der Waals surface area contributed by atoms with Gasteiger partial charge in [0.25, 0.3) is 0 Å². The molecule has 2 rings (SSSR count). The van der Waals surface area contributed by atoms with Crippen molar-refractivity contribution in [2.45, 2.75) is 6.42 Å². The molecule has 0 bridgehead atoms.